The highest BCUT2D eigenvalue weighted by molar-refractivity contribution is 7.88. The predicted octanol–water partition coefficient (Wildman–Crippen LogP) is 3.99. The molecule has 0 radical (unpaired) electrons. The van der Waals surface area contributed by atoms with Gasteiger partial charge in [-0.2, -0.15) is 0 Å². The SMILES string of the molecule is CC(C)Oc1cccc(CNC(=O)C2CCN(S(=O)(=O)Cc3cccc(Cl)c3)CC2)c1. The van der Waals surface area contributed by atoms with Crippen molar-refractivity contribution in [3.05, 3.63) is 64.7 Å². The zero-order valence-corrected chi connectivity index (χ0v) is 19.5. The topological polar surface area (TPSA) is 75.7 Å². The van der Waals surface area contributed by atoms with Crippen LogP contribution in [0.4, 0.5) is 0 Å². The quantitative estimate of drug-likeness (QED) is 0.641. The zero-order valence-electron chi connectivity index (χ0n) is 17.9. The summed E-state index contributed by atoms with van der Waals surface area (Å²) in [6, 6.07) is 14.5. The fourth-order valence-corrected chi connectivity index (χ4v) is 5.42. The van der Waals surface area contributed by atoms with Gasteiger partial charge in [0.2, 0.25) is 15.9 Å². The van der Waals surface area contributed by atoms with Gasteiger partial charge in [0.25, 0.3) is 0 Å². The van der Waals surface area contributed by atoms with E-state index in [0.717, 1.165) is 11.3 Å². The molecule has 0 saturated carbocycles. The molecule has 1 aliphatic rings. The Hall–Kier alpha value is -2.09. The van der Waals surface area contributed by atoms with E-state index in [-0.39, 0.29) is 23.7 Å². The molecule has 31 heavy (non-hydrogen) atoms. The van der Waals surface area contributed by atoms with Crippen molar-refractivity contribution in [3.63, 3.8) is 0 Å². The Balaban J connectivity index is 1.49. The summed E-state index contributed by atoms with van der Waals surface area (Å²) >= 11 is 5.96. The minimum Gasteiger partial charge on any atom is -0.491 e. The van der Waals surface area contributed by atoms with Crippen molar-refractivity contribution in [1.82, 2.24) is 9.62 Å². The highest BCUT2D eigenvalue weighted by atomic mass is 35.5. The lowest BCUT2D eigenvalue weighted by Crippen LogP contribution is -2.43. The minimum absolute atomic E-state index is 0.0397. The van der Waals surface area contributed by atoms with Crippen LogP contribution in [0.3, 0.4) is 0 Å². The molecule has 0 aromatic heterocycles. The van der Waals surface area contributed by atoms with Crippen molar-refractivity contribution in [1.29, 1.82) is 0 Å². The standard InChI is InChI=1S/C23H29ClN2O4S/c1-17(2)30-22-8-4-5-18(14-22)15-25-23(27)20-9-11-26(12-10-20)31(28,29)16-19-6-3-7-21(24)13-19/h3-8,13-14,17,20H,9-12,15-16H2,1-2H3,(H,25,27). The number of benzene rings is 2. The molecular formula is C23H29ClN2O4S. The van der Waals surface area contributed by atoms with Crippen molar-refractivity contribution < 1.29 is 17.9 Å². The summed E-state index contributed by atoms with van der Waals surface area (Å²) in [6.07, 6.45) is 1.11. The van der Waals surface area contributed by atoms with E-state index < -0.39 is 10.0 Å². The van der Waals surface area contributed by atoms with Gasteiger partial charge in [-0.3, -0.25) is 4.79 Å². The molecule has 6 nitrogen and oxygen atoms in total. The van der Waals surface area contributed by atoms with E-state index in [0.29, 0.717) is 43.1 Å². The Kier molecular flexibility index (Phi) is 7.97. The molecule has 3 rings (SSSR count). The maximum absolute atomic E-state index is 12.7. The van der Waals surface area contributed by atoms with Crippen LogP contribution in [0.25, 0.3) is 0 Å². The lowest BCUT2D eigenvalue weighted by atomic mass is 9.97. The van der Waals surface area contributed by atoms with Gasteiger partial charge in [0, 0.05) is 30.6 Å². The van der Waals surface area contributed by atoms with Crippen molar-refractivity contribution in [2.75, 3.05) is 13.1 Å². The molecule has 1 amide bonds. The second-order valence-electron chi connectivity index (χ2n) is 8.09. The van der Waals surface area contributed by atoms with Gasteiger partial charge in [-0.15, -0.1) is 0 Å². The molecule has 8 heteroatoms. The van der Waals surface area contributed by atoms with Crippen molar-refractivity contribution >= 4 is 27.5 Å². The van der Waals surface area contributed by atoms with Gasteiger partial charge in [-0.1, -0.05) is 35.9 Å². The van der Waals surface area contributed by atoms with Crippen LogP contribution >= 0.6 is 11.6 Å². The van der Waals surface area contributed by atoms with Gasteiger partial charge in [-0.05, 0) is 62.1 Å². The van der Waals surface area contributed by atoms with Gasteiger partial charge >= 0.3 is 0 Å². The number of hydrogen-bond donors (Lipinski definition) is 1. The van der Waals surface area contributed by atoms with Gasteiger partial charge in [-0.25, -0.2) is 12.7 Å². The maximum Gasteiger partial charge on any atom is 0.223 e. The molecule has 1 heterocycles. The molecule has 2 aromatic rings. The summed E-state index contributed by atoms with van der Waals surface area (Å²) < 4.78 is 32.6. The number of sulfonamides is 1. The number of ether oxygens (including phenoxy) is 1. The molecule has 1 saturated heterocycles. The number of halogens is 1. The second-order valence-corrected chi connectivity index (χ2v) is 10.5. The first kappa shape index (κ1) is 23.6. The van der Waals surface area contributed by atoms with E-state index in [1.165, 1.54) is 4.31 Å². The first-order valence-electron chi connectivity index (χ1n) is 10.5. The monoisotopic (exact) mass is 464 g/mol. The number of hydrogen-bond acceptors (Lipinski definition) is 4. The number of amides is 1. The molecule has 0 spiro atoms. The molecular weight excluding hydrogens is 436 g/mol. The maximum atomic E-state index is 12.7. The summed E-state index contributed by atoms with van der Waals surface area (Å²) in [4.78, 5) is 12.6. The van der Waals surface area contributed by atoms with Crippen molar-refractivity contribution in [3.8, 4) is 5.75 Å². The summed E-state index contributed by atoms with van der Waals surface area (Å²) in [5.41, 5.74) is 1.63. The van der Waals surface area contributed by atoms with Gasteiger partial charge in [0.05, 0.1) is 11.9 Å². The number of carbonyl (C=O) groups is 1. The van der Waals surface area contributed by atoms with Gasteiger partial charge in [0.15, 0.2) is 0 Å². The van der Waals surface area contributed by atoms with Crippen LogP contribution in [0, 0.1) is 5.92 Å². The average molecular weight is 465 g/mol. The Morgan fingerprint density at radius 1 is 1.13 bits per heavy atom. The molecule has 0 bridgehead atoms. The summed E-state index contributed by atoms with van der Waals surface area (Å²) in [7, 11) is -3.44. The molecule has 1 fully saturated rings. The van der Waals surface area contributed by atoms with E-state index in [9.17, 15) is 13.2 Å². The van der Waals surface area contributed by atoms with Crippen LogP contribution in [0.1, 0.15) is 37.8 Å². The fourth-order valence-electron chi connectivity index (χ4n) is 3.66. The van der Waals surface area contributed by atoms with Crippen molar-refractivity contribution in [2.45, 2.75) is 45.1 Å². The molecule has 1 aliphatic heterocycles. The number of nitrogens with one attached hydrogen (secondary N) is 1. The highest BCUT2D eigenvalue weighted by Gasteiger charge is 2.31. The average Bonchev–Trinajstić information content (AvgIpc) is 2.71. The minimum atomic E-state index is -3.44. The van der Waals surface area contributed by atoms with Crippen LogP contribution in [0.2, 0.25) is 5.02 Å². The molecule has 168 valence electrons. The second kappa shape index (κ2) is 10.5. The number of piperidine rings is 1. The normalized spacial score (nSPS) is 15.7. The third-order valence-electron chi connectivity index (χ3n) is 5.19. The third-order valence-corrected chi connectivity index (χ3v) is 7.28. The molecule has 0 aliphatic carbocycles. The van der Waals surface area contributed by atoms with Crippen LogP contribution in [0.5, 0.6) is 5.75 Å². The van der Waals surface area contributed by atoms with Gasteiger partial charge in [0.1, 0.15) is 5.75 Å². The van der Waals surface area contributed by atoms with Crippen LogP contribution in [0.15, 0.2) is 48.5 Å². The third kappa shape index (κ3) is 6.95. The highest BCUT2D eigenvalue weighted by Crippen LogP contribution is 2.23. The largest absolute Gasteiger partial charge is 0.491 e. The van der Waals surface area contributed by atoms with E-state index in [1.54, 1.807) is 24.3 Å². The summed E-state index contributed by atoms with van der Waals surface area (Å²) in [6.45, 7) is 5.05. The van der Waals surface area contributed by atoms with Gasteiger partial charge < -0.3 is 10.1 Å². The molecule has 1 N–H and O–H groups in total. The lowest BCUT2D eigenvalue weighted by molar-refractivity contribution is -0.126. The lowest BCUT2D eigenvalue weighted by Gasteiger charge is -2.30. The van der Waals surface area contributed by atoms with Crippen molar-refractivity contribution in [2.24, 2.45) is 5.92 Å². The summed E-state index contributed by atoms with van der Waals surface area (Å²) in [5, 5.41) is 3.49. The Morgan fingerprint density at radius 2 is 1.81 bits per heavy atom. The van der Waals surface area contributed by atoms with Crippen LogP contribution < -0.4 is 10.1 Å². The smallest absolute Gasteiger partial charge is 0.223 e. The zero-order chi connectivity index (χ0) is 22.4. The van der Waals surface area contributed by atoms with Crippen LogP contribution in [-0.2, 0) is 27.1 Å². The number of nitrogens with zero attached hydrogens (tertiary/aromatic N) is 1. The van der Waals surface area contributed by atoms with E-state index >= 15 is 0 Å². The molecule has 0 atom stereocenters. The number of rotatable bonds is 8. The van der Waals surface area contributed by atoms with E-state index in [1.807, 2.05) is 38.1 Å². The Labute approximate surface area is 189 Å². The predicted molar refractivity (Wildman–Crippen MR) is 122 cm³/mol. The Morgan fingerprint density at radius 3 is 2.48 bits per heavy atom. The number of carbonyl (C=O) groups excluding carboxylic acids is 1. The first-order chi connectivity index (χ1) is 14.7. The van der Waals surface area contributed by atoms with Crippen LogP contribution in [-0.4, -0.2) is 37.8 Å². The first-order valence-corrected chi connectivity index (χ1v) is 12.5. The fraction of sp³-hybridized carbons (Fsp3) is 0.435. The van der Waals surface area contributed by atoms with E-state index in [2.05, 4.69) is 5.32 Å². The van der Waals surface area contributed by atoms with E-state index in [4.69, 9.17) is 16.3 Å². The molecule has 2 aromatic carbocycles. The summed E-state index contributed by atoms with van der Waals surface area (Å²) in [5.74, 6) is 0.467. The Bertz CT molecular complexity index is 1000. The molecule has 0 unspecified atom stereocenters.